The number of hydrogen-bond acceptors (Lipinski definition) is 5. The van der Waals surface area contributed by atoms with Gasteiger partial charge >= 0.3 is 0 Å². The monoisotopic (exact) mass is 438 g/mol. The average Bonchev–Trinajstić information content (AvgIpc) is 3.43. The van der Waals surface area contributed by atoms with E-state index in [-0.39, 0.29) is 6.04 Å². The number of rotatable bonds is 4. The Balaban J connectivity index is 1.50. The van der Waals surface area contributed by atoms with Gasteiger partial charge < -0.3 is 9.30 Å². The maximum atomic E-state index is 5.67. The number of aryl methyl sites for hydroxylation is 2. The van der Waals surface area contributed by atoms with Crippen LogP contribution in [0.4, 0.5) is 0 Å². The van der Waals surface area contributed by atoms with Crippen molar-refractivity contribution in [1.29, 1.82) is 0 Å². The number of imidazole rings is 1. The van der Waals surface area contributed by atoms with Crippen LogP contribution >= 0.6 is 0 Å². The van der Waals surface area contributed by atoms with Crippen LogP contribution in [-0.2, 0) is 4.74 Å². The van der Waals surface area contributed by atoms with E-state index in [4.69, 9.17) is 14.8 Å². The predicted octanol–water partition coefficient (Wildman–Crippen LogP) is 4.77. The molecule has 7 nitrogen and oxygen atoms in total. The van der Waals surface area contributed by atoms with Crippen molar-refractivity contribution in [3.63, 3.8) is 0 Å². The molecule has 4 heterocycles. The van der Waals surface area contributed by atoms with Gasteiger partial charge in [-0.15, -0.1) is 10.2 Å². The molecule has 7 heteroatoms. The number of aromatic nitrogens is 6. The van der Waals surface area contributed by atoms with Gasteiger partial charge in [0, 0.05) is 18.8 Å². The molecule has 0 amide bonds. The van der Waals surface area contributed by atoms with Gasteiger partial charge in [0.25, 0.3) is 0 Å². The van der Waals surface area contributed by atoms with E-state index in [2.05, 4.69) is 70.2 Å². The second-order valence-corrected chi connectivity index (χ2v) is 8.85. The number of fused-ring (bicyclic) bond motifs is 2. The summed E-state index contributed by atoms with van der Waals surface area (Å²) in [5.74, 6) is 1.28. The molecule has 0 N–H and O–H groups in total. The van der Waals surface area contributed by atoms with Crippen molar-refractivity contribution < 1.29 is 4.74 Å². The summed E-state index contributed by atoms with van der Waals surface area (Å²) in [5, 5.41) is 13.2. The minimum Gasteiger partial charge on any atom is -0.381 e. The fourth-order valence-electron chi connectivity index (χ4n) is 5.05. The van der Waals surface area contributed by atoms with Crippen LogP contribution < -0.4 is 0 Å². The summed E-state index contributed by atoms with van der Waals surface area (Å²) >= 11 is 0. The lowest BCUT2D eigenvalue weighted by molar-refractivity contribution is 0.0547. The molecule has 0 unspecified atom stereocenters. The fourth-order valence-corrected chi connectivity index (χ4v) is 5.05. The molecule has 1 atom stereocenters. The molecule has 0 spiro atoms. The average molecular weight is 439 g/mol. The van der Waals surface area contributed by atoms with Gasteiger partial charge in [0.15, 0.2) is 11.5 Å². The Morgan fingerprint density at radius 3 is 2.61 bits per heavy atom. The summed E-state index contributed by atoms with van der Waals surface area (Å²) < 4.78 is 9.83. The molecule has 5 aromatic rings. The van der Waals surface area contributed by atoms with E-state index in [0.717, 1.165) is 65.4 Å². The molecule has 6 rings (SSSR count). The summed E-state index contributed by atoms with van der Waals surface area (Å²) in [5.41, 5.74) is 7.26. The van der Waals surface area contributed by atoms with E-state index in [1.54, 1.807) is 4.52 Å². The molecule has 1 fully saturated rings. The molecular weight excluding hydrogens is 412 g/mol. The standard InChI is InChI=1S/C26H26N6O/c1-17-14-24-29-28-18(2)32(24)30-25(17)21-8-9-22-23(15-21)31(16-27-22)26(19-6-4-3-5-7-19)20-10-12-33-13-11-20/h3-9,14-16,20,26H,10-13H2,1-2H3/t26-/m0/s1. The molecule has 2 aromatic carbocycles. The van der Waals surface area contributed by atoms with Crippen LogP contribution in [0.25, 0.3) is 27.9 Å². The first-order valence-corrected chi connectivity index (χ1v) is 11.5. The van der Waals surface area contributed by atoms with E-state index in [1.807, 2.05) is 19.3 Å². The van der Waals surface area contributed by atoms with E-state index >= 15 is 0 Å². The maximum Gasteiger partial charge on any atom is 0.178 e. The van der Waals surface area contributed by atoms with Crippen molar-refractivity contribution in [1.82, 2.24) is 29.4 Å². The van der Waals surface area contributed by atoms with Crippen molar-refractivity contribution in [2.24, 2.45) is 5.92 Å². The maximum absolute atomic E-state index is 5.67. The molecule has 0 aliphatic carbocycles. The molecular formula is C26H26N6O. The first kappa shape index (κ1) is 20.1. The lowest BCUT2D eigenvalue weighted by atomic mass is 9.86. The van der Waals surface area contributed by atoms with E-state index in [0.29, 0.717) is 5.92 Å². The predicted molar refractivity (Wildman–Crippen MR) is 127 cm³/mol. The molecule has 1 saturated heterocycles. The van der Waals surface area contributed by atoms with Gasteiger partial charge in [0.05, 0.1) is 29.1 Å². The lowest BCUT2D eigenvalue weighted by Crippen LogP contribution is -2.26. The van der Waals surface area contributed by atoms with E-state index in [1.165, 1.54) is 5.56 Å². The summed E-state index contributed by atoms with van der Waals surface area (Å²) in [4.78, 5) is 4.76. The third kappa shape index (κ3) is 3.49. The zero-order valence-electron chi connectivity index (χ0n) is 18.8. The Hall–Kier alpha value is -3.58. The Bertz CT molecular complexity index is 1430. The van der Waals surface area contributed by atoms with Gasteiger partial charge in [-0.25, -0.2) is 4.98 Å². The highest BCUT2D eigenvalue weighted by atomic mass is 16.5. The summed E-state index contributed by atoms with van der Waals surface area (Å²) in [6.45, 7) is 5.62. The Morgan fingerprint density at radius 2 is 1.79 bits per heavy atom. The molecule has 0 bridgehead atoms. The molecule has 3 aromatic heterocycles. The third-order valence-corrected chi connectivity index (χ3v) is 6.74. The quantitative estimate of drug-likeness (QED) is 0.404. The zero-order valence-corrected chi connectivity index (χ0v) is 18.8. The van der Waals surface area contributed by atoms with Gasteiger partial charge in [-0.2, -0.15) is 9.61 Å². The SMILES string of the molecule is Cc1cc2nnc(C)n2nc1-c1ccc2ncn([C@@H](c3ccccc3)C3CCOCC3)c2c1. The highest BCUT2D eigenvalue weighted by Crippen LogP contribution is 2.36. The van der Waals surface area contributed by atoms with Crippen molar-refractivity contribution in [2.75, 3.05) is 13.2 Å². The van der Waals surface area contributed by atoms with Gasteiger partial charge in [-0.3, -0.25) is 0 Å². The Morgan fingerprint density at radius 1 is 0.970 bits per heavy atom. The van der Waals surface area contributed by atoms with Crippen molar-refractivity contribution in [3.8, 4) is 11.3 Å². The topological polar surface area (TPSA) is 70.1 Å². The molecule has 33 heavy (non-hydrogen) atoms. The lowest BCUT2D eigenvalue weighted by Gasteiger charge is -2.32. The zero-order chi connectivity index (χ0) is 22.4. The van der Waals surface area contributed by atoms with Gasteiger partial charge in [-0.05, 0) is 61.9 Å². The van der Waals surface area contributed by atoms with Gasteiger partial charge in [0.2, 0.25) is 0 Å². The molecule has 0 radical (unpaired) electrons. The van der Waals surface area contributed by atoms with E-state index < -0.39 is 0 Å². The molecule has 166 valence electrons. The van der Waals surface area contributed by atoms with Crippen LogP contribution in [0, 0.1) is 19.8 Å². The minimum absolute atomic E-state index is 0.215. The number of benzene rings is 2. The first-order chi connectivity index (χ1) is 16.2. The van der Waals surface area contributed by atoms with E-state index in [9.17, 15) is 0 Å². The second kappa shape index (κ2) is 8.08. The molecule has 0 saturated carbocycles. The van der Waals surface area contributed by atoms with Crippen LogP contribution in [0.15, 0.2) is 60.9 Å². The number of hydrogen-bond donors (Lipinski definition) is 0. The normalized spacial score (nSPS) is 15.9. The highest BCUT2D eigenvalue weighted by molar-refractivity contribution is 5.82. The summed E-state index contributed by atoms with van der Waals surface area (Å²) in [7, 11) is 0. The van der Waals surface area contributed by atoms with Crippen LogP contribution in [0.2, 0.25) is 0 Å². The number of nitrogens with zero attached hydrogens (tertiary/aromatic N) is 6. The molecule has 1 aliphatic heterocycles. The largest absolute Gasteiger partial charge is 0.381 e. The minimum atomic E-state index is 0.215. The van der Waals surface area contributed by atoms with Crippen molar-refractivity contribution >= 4 is 16.7 Å². The van der Waals surface area contributed by atoms with Crippen LogP contribution in [-0.4, -0.2) is 42.6 Å². The van der Waals surface area contributed by atoms with Gasteiger partial charge in [0.1, 0.15) is 0 Å². The van der Waals surface area contributed by atoms with Crippen LogP contribution in [0.3, 0.4) is 0 Å². The summed E-state index contributed by atoms with van der Waals surface area (Å²) in [6.07, 6.45) is 4.08. The summed E-state index contributed by atoms with van der Waals surface area (Å²) in [6, 6.07) is 19.4. The Labute approximate surface area is 192 Å². The Kier molecular flexibility index (Phi) is 4.91. The smallest absolute Gasteiger partial charge is 0.178 e. The fraction of sp³-hybridized carbons (Fsp3) is 0.308. The highest BCUT2D eigenvalue weighted by Gasteiger charge is 2.28. The van der Waals surface area contributed by atoms with Crippen molar-refractivity contribution in [3.05, 3.63) is 77.9 Å². The second-order valence-electron chi connectivity index (χ2n) is 8.85. The van der Waals surface area contributed by atoms with Gasteiger partial charge in [-0.1, -0.05) is 36.4 Å². The number of ether oxygens (including phenoxy) is 1. The van der Waals surface area contributed by atoms with Crippen LogP contribution in [0.5, 0.6) is 0 Å². The van der Waals surface area contributed by atoms with Crippen LogP contribution in [0.1, 0.15) is 35.8 Å². The molecule has 1 aliphatic rings. The van der Waals surface area contributed by atoms with Crippen molar-refractivity contribution in [2.45, 2.75) is 32.7 Å². The first-order valence-electron chi connectivity index (χ1n) is 11.5. The third-order valence-electron chi connectivity index (χ3n) is 6.74.